The molecule has 0 aliphatic carbocycles. The Morgan fingerprint density at radius 1 is 1.36 bits per heavy atom. The molecule has 0 saturated heterocycles. The second kappa shape index (κ2) is 5.82. The van der Waals surface area contributed by atoms with Gasteiger partial charge in [0.05, 0.1) is 0 Å². The molecule has 1 rings (SSSR count). The highest BCUT2D eigenvalue weighted by Gasteiger charge is 1.96. The number of carbonyl (C=O) groups is 1. The second-order valence-electron chi connectivity index (χ2n) is 2.72. The molecule has 0 radical (unpaired) electrons. The Hall–Kier alpha value is -1.75. The standard InChI is InChI=1S/C12H12O2/c1-2-3-9-12(13)14-10-11-7-5-4-6-8-11/h4-8H,2,10H2,1H3. The van der Waals surface area contributed by atoms with Crippen LogP contribution in [0.25, 0.3) is 0 Å². The van der Waals surface area contributed by atoms with Crippen molar-refractivity contribution in [1.82, 2.24) is 0 Å². The molecule has 14 heavy (non-hydrogen) atoms. The molecule has 2 nitrogen and oxygen atoms in total. The van der Waals surface area contributed by atoms with E-state index in [4.69, 9.17) is 4.74 Å². The van der Waals surface area contributed by atoms with Crippen LogP contribution in [-0.4, -0.2) is 5.97 Å². The van der Waals surface area contributed by atoms with Crippen LogP contribution in [0.1, 0.15) is 18.9 Å². The Labute approximate surface area is 83.9 Å². The summed E-state index contributed by atoms with van der Waals surface area (Å²) in [6.07, 6.45) is 0.667. The van der Waals surface area contributed by atoms with Gasteiger partial charge in [0.25, 0.3) is 0 Å². The number of esters is 1. The summed E-state index contributed by atoms with van der Waals surface area (Å²) in [6.45, 7) is 2.18. The first kappa shape index (κ1) is 10.3. The molecule has 0 N–H and O–H groups in total. The van der Waals surface area contributed by atoms with Crippen LogP contribution in [0.4, 0.5) is 0 Å². The van der Waals surface area contributed by atoms with Gasteiger partial charge < -0.3 is 4.74 Å². The average molecular weight is 188 g/mol. The van der Waals surface area contributed by atoms with Gasteiger partial charge in [-0.2, -0.15) is 0 Å². The first-order valence-corrected chi connectivity index (χ1v) is 4.52. The second-order valence-corrected chi connectivity index (χ2v) is 2.72. The maximum Gasteiger partial charge on any atom is 0.384 e. The Bertz CT molecular complexity index is 344. The van der Waals surface area contributed by atoms with Gasteiger partial charge >= 0.3 is 5.97 Å². The molecule has 0 atom stereocenters. The van der Waals surface area contributed by atoms with E-state index in [0.29, 0.717) is 6.42 Å². The highest BCUT2D eigenvalue weighted by molar-refractivity contribution is 5.88. The van der Waals surface area contributed by atoms with Crippen LogP contribution < -0.4 is 0 Å². The molecule has 1 aromatic carbocycles. The summed E-state index contributed by atoms with van der Waals surface area (Å²) >= 11 is 0. The minimum Gasteiger partial charge on any atom is -0.451 e. The normalized spacial score (nSPS) is 8.64. The maximum absolute atomic E-state index is 11.0. The largest absolute Gasteiger partial charge is 0.451 e. The van der Waals surface area contributed by atoms with Crippen molar-refractivity contribution in [1.29, 1.82) is 0 Å². The van der Waals surface area contributed by atoms with E-state index in [1.54, 1.807) is 0 Å². The van der Waals surface area contributed by atoms with Gasteiger partial charge in [-0.1, -0.05) is 43.2 Å². The smallest absolute Gasteiger partial charge is 0.384 e. The zero-order valence-electron chi connectivity index (χ0n) is 8.12. The molecule has 2 heteroatoms. The fraction of sp³-hybridized carbons (Fsp3) is 0.250. The predicted octanol–water partition coefficient (Wildman–Crippen LogP) is 2.14. The Morgan fingerprint density at radius 3 is 2.71 bits per heavy atom. The van der Waals surface area contributed by atoms with Crippen LogP contribution >= 0.6 is 0 Å². The minimum absolute atomic E-state index is 0.290. The van der Waals surface area contributed by atoms with Crippen molar-refractivity contribution in [2.45, 2.75) is 20.0 Å². The van der Waals surface area contributed by atoms with Crippen LogP contribution in [0.5, 0.6) is 0 Å². The van der Waals surface area contributed by atoms with Crippen molar-refractivity contribution in [3.05, 3.63) is 35.9 Å². The molecule has 0 fully saturated rings. The van der Waals surface area contributed by atoms with Crippen molar-refractivity contribution in [3.63, 3.8) is 0 Å². The van der Waals surface area contributed by atoms with Gasteiger partial charge in [0.2, 0.25) is 0 Å². The van der Waals surface area contributed by atoms with Crippen molar-refractivity contribution in [2.75, 3.05) is 0 Å². The molecule has 0 spiro atoms. The third-order valence-electron chi connectivity index (χ3n) is 1.58. The number of carbonyl (C=O) groups excluding carboxylic acids is 1. The molecule has 1 aromatic rings. The van der Waals surface area contributed by atoms with E-state index in [9.17, 15) is 4.79 Å². The molecule has 0 aromatic heterocycles. The topological polar surface area (TPSA) is 26.3 Å². The first-order valence-electron chi connectivity index (χ1n) is 4.52. The molecule has 0 heterocycles. The van der Waals surface area contributed by atoms with Gasteiger partial charge in [0.15, 0.2) is 0 Å². The number of benzene rings is 1. The lowest BCUT2D eigenvalue weighted by Crippen LogP contribution is -2.00. The van der Waals surface area contributed by atoms with Gasteiger partial charge in [-0.05, 0) is 5.56 Å². The lowest BCUT2D eigenvalue weighted by atomic mass is 10.2. The minimum atomic E-state index is -0.462. The van der Waals surface area contributed by atoms with Crippen LogP contribution in [0.2, 0.25) is 0 Å². The molecule has 0 bridgehead atoms. The number of ether oxygens (including phenoxy) is 1. The van der Waals surface area contributed by atoms with Crippen LogP contribution in [0.3, 0.4) is 0 Å². The van der Waals surface area contributed by atoms with Gasteiger partial charge in [0, 0.05) is 12.3 Å². The molecule has 0 saturated carbocycles. The third-order valence-corrected chi connectivity index (χ3v) is 1.58. The number of hydrogen-bond donors (Lipinski definition) is 0. The molecule has 0 amide bonds. The first-order chi connectivity index (χ1) is 6.83. The van der Waals surface area contributed by atoms with Gasteiger partial charge in [-0.3, -0.25) is 0 Å². The quantitative estimate of drug-likeness (QED) is 0.404. The summed E-state index contributed by atoms with van der Waals surface area (Å²) < 4.78 is 4.92. The summed E-state index contributed by atoms with van der Waals surface area (Å²) in [5.41, 5.74) is 0.971. The van der Waals surface area contributed by atoms with Crippen LogP contribution in [0.15, 0.2) is 30.3 Å². The summed E-state index contributed by atoms with van der Waals surface area (Å²) in [6, 6.07) is 9.53. The summed E-state index contributed by atoms with van der Waals surface area (Å²) in [4.78, 5) is 11.0. The average Bonchev–Trinajstić information content (AvgIpc) is 2.25. The Balaban J connectivity index is 2.38. The summed E-state index contributed by atoms with van der Waals surface area (Å²) in [5, 5.41) is 0. The van der Waals surface area contributed by atoms with E-state index >= 15 is 0 Å². The monoisotopic (exact) mass is 188 g/mol. The van der Waals surface area contributed by atoms with Crippen molar-refractivity contribution < 1.29 is 9.53 Å². The summed E-state index contributed by atoms with van der Waals surface area (Å²) in [5.74, 6) is 4.59. The van der Waals surface area contributed by atoms with E-state index in [2.05, 4.69) is 11.8 Å². The number of hydrogen-bond acceptors (Lipinski definition) is 2. The van der Waals surface area contributed by atoms with Gasteiger partial charge in [-0.25, -0.2) is 4.79 Å². The Morgan fingerprint density at radius 2 is 2.07 bits per heavy atom. The lowest BCUT2D eigenvalue weighted by Gasteiger charge is -1.99. The molecular formula is C12H12O2. The zero-order chi connectivity index (χ0) is 10.2. The van der Waals surface area contributed by atoms with Crippen LogP contribution in [-0.2, 0) is 16.1 Å². The Kier molecular flexibility index (Phi) is 4.30. The highest BCUT2D eigenvalue weighted by atomic mass is 16.5. The molecular weight excluding hydrogens is 176 g/mol. The van der Waals surface area contributed by atoms with Gasteiger partial charge in [0.1, 0.15) is 6.61 Å². The third kappa shape index (κ3) is 3.77. The fourth-order valence-electron chi connectivity index (χ4n) is 0.920. The SMILES string of the molecule is CCC#CC(=O)OCc1ccccc1. The van der Waals surface area contributed by atoms with Crippen molar-refractivity contribution >= 4 is 5.97 Å². The molecule has 0 unspecified atom stereocenters. The molecule has 72 valence electrons. The summed E-state index contributed by atoms with van der Waals surface area (Å²) in [7, 11) is 0. The molecule has 0 aliphatic rings. The molecule has 0 aliphatic heterocycles. The van der Waals surface area contributed by atoms with Crippen molar-refractivity contribution in [3.8, 4) is 11.8 Å². The maximum atomic E-state index is 11.0. The highest BCUT2D eigenvalue weighted by Crippen LogP contribution is 2.00. The number of rotatable bonds is 2. The van der Waals surface area contributed by atoms with Crippen LogP contribution in [0, 0.1) is 11.8 Å². The van der Waals surface area contributed by atoms with Gasteiger partial charge in [-0.15, -0.1) is 0 Å². The predicted molar refractivity (Wildman–Crippen MR) is 54.3 cm³/mol. The van der Waals surface area contributed by atoms with Crippen molar-refractivity contribution in [2.24, 2.45) is 0 Å². The van der Waals surface area contributed by atoms with E-state index in [-0.39, 0.29) is 6.61 Å². The van der Waals surface area contributed by atoms with E-state index in [1.165, 1.54) is 0 Å². The zero-order valence-corrected chi connectivity index (χ0v) is 8.12. The van der Waals surface area contributed by atoms with E-state index in [1.807, 2.05) is 37.3 Å². The lowest BCUT2D eigenvalue weighted by molar-refractivity contribution is -0.137. The van der Waals surface area contributed by atoms with E-state index < -0.39 is 5.97 Å². The van der Waals surface area contributed by atoms with E-state index in [0.717, 1.165) is 5.56 Å². The fourth-order valence-corrected chi connectivity index (χ4v) is 0.920.